The van der Waals surface area contributed by atoms with E-state index >= 15 is 0 Å². The van der Waals surface area contributed by atoms with Gasteiger partial charge in [0, 0.05) is 5.56 Å². The summed E-state index contributed by atoms with van der Waals surface area (Å²) >= 11 is 0. The molecule has 0 saturated heterocycles. The summed E-state index contributed by atoms with van der Waals surface area (Å²) in [5.41, 5.74) is 3.31. The average Bonchev–Trinajstić information content (AvgIpc) is 2.43. The molecule has 2 rings (SSSR count). The molecule has 0 aliphatic carbocycles. The average molecular weight is 206 g/mol. The summed E-state index contributed by atoms with van der Waals surface area (Å²) in [6, 6.07) is 4.11. The Hall–Kier alpha value is -1.02. The van der Waals surface area contributed by atoms with Gasteiger partial charge in [0.15, 0.2) is 0 Å². The van der Waals surface area contributed by atoms with Crippen molar-refractivity contribution in [2.75, 3.05) is 0 Å². The molecular weight excluding hydrogens is 188 g/mol. The lowest BCUT2D eigenvalue weighted by Gasteiger charge is -2.13. The zero-order chi connectivity index (χ0) is 11.0. The molecule has 1 aliphatic rings. The van der Waals surface area contributed by atoms with Crippen molar-refractivity contribution in [3.63, 3.8) is 0 Å². The van der Waals surface area contributed by atoms with Gasteiger partial charge in [-0.15, -0.1) is 0 Å². The van der Waals surface area contributed by atoms with E-state index in [0.717, 1.165) is 29.7 Å². The molecule has 0 aromatic heterocycles. The van der Waals surface area contributed by atoms with Crippen molar-refractivity contribution in [2.24, 2.45) is 0 Å². The second kappa shape index (κ2) is 3.86. The Labute approximate surface area is 90.9 Å². The smallest absolute Gasteiger partial charge is 0.129 e. The van der Waals surface area contributed by atoms with Gasteiger partial charge in [-0.1, -0.05) is 19.4 Å². The number of benzene rings is 1. The normalized spacial score (nSPS) is 23.7. The van der Waals surface area contributed by atoms with E-state index in [1.54, 1.807) is 0 Å². The molecule has 0 bridgehead atoms. The van der Waals surface area contributed by atoms with Crippen LogP contribution in [-0.2, 0) is 0 Å². The molecule has 1 heterocycles. The highest BCUT2D eigenvalue weighted by atomic mass is 16.5. The highest BCUT2D eigenvalue weighted by Gasteiger charge is 2.33. The summed E-state index contributed by atoms with van der Waals surface area (Å²) in [4.78, 5) is 0. The van der Waals surface area contributed by atoms with Crippen LogP contribution in [0.3, 0.4) is 0 Å². The van der Waals surface area contributed by atoms with Crippen LogP contribution in [0.4, 0.5) is 0 Å². The van der Waals surface area contributed by atoms with E-state index in [0.29, 0.717) is 0 Å². The Morgan fingerprint density at radius 2 is 2.07 bits per heavy atom. The van der Waals surface area contributed by atoms with Crippen LogP contribution in [0.25, 0.3) is 0 Å². The molecule has 1 aliphatic heterocycles. The van der Waals surface area contributed by atoms with Gasteiger partial charge in [-0.3, -0.25) is 0 Å². The zero-order valence-electron chi connectivity index (χ0n) is 9.58. The molecule has 0 fully saturated rings. The molecule has 82 valence electrons. The number of aryl methyl sites for hydroxylation is 2. The first-order chi connectivity index (χ1) is 7.13. The minimum atomic E-state index is -0.444. The van der Waals surface area contributed by atoms with Crippen molar-refractivity contribution in [2.45, 2.75) is 45.8 Å². The standard InChI is InChI=1S/C13H18O2/c1-4-5-10-13(14)12-9(3)6-8(2)7-11(12)15-10/h6-7,10,13-14H,4-5H2,1-3H3. The lowest BCUT2D eigenvalue weighted by molar-refractivity contribution is 0.0614. The van der Waals surface area contributed by atoms with Crippen LogP contribution in [-0.4, -0.2) is 11.2 Å². The Balaban J connectivity index is 2.36. The van der Waals surface area contributed by atoms with Crippen LogP contribution < -0.4 is 4.74 Å². The van der Waals surface area contributed by atoms with Gasteiger partial charge >= 0.3 is 0 Å². The van der Waals surface area contributed by atoms with Crippen LogP contribution in [0.2, 0.25) is 0 Å². The summed E-state index contributed by atoms with van der Waals surface area (Å²) in [7, 11) is 0. The third-order valence-electron chi connectivity index (χ3n) is 2.99. The van der Waals surface area contributed by atoms with Gasteiger partial charge in [-0.2, -0.15) is 0 Å². The molecule has 0 radical (unpaired) electrons. The molecule has 1 N–H and O–H groups in total. The summed E-state index contributed by atoms with van der Waals surface area (Å²) in [6.45, 7) is 6.19. The molecule has 1 aromatic carbocycles. The van der Waals surface area contributed by atoms with Crippen LogP contribution in [0.5, 0.6) is 5.75 Å². The minimum absolute atomic E-state index is 0.0505. The fourth-order valence-electron chi connectivity index (χ4n) is 2.33. The first-order valence-corrected chi connectivity index (χ1v) is 5.59. The second-order valence-electron chi connectivity index (χ2n) is 4.38. The first kappa shape index (κ1) is 10.5. The first-order valence-electron chi connectivity index (χ1n) is 5.59. The van der Waals surface area contributed by atoms with Gasteiger partial charge in [0.25, 0.3) is 0 Å². The van der Waals surface area contributed by atoms with Gasteiger partial charge < -0.3 is 9.84 Å². The molecule has 2 heteroatoms. The van der Waals surface area contributed by atoms with E-state index < -0.39 is 6.10 Å². The van der Waals surface area contributed by atoms with E-state index in [4.69, 9.17) is 4.74 Å². The molecule has 1 aromatic rings. The Morgan fingerprint density at radius 3 is 2.73 bits per heavy atom. The molecule has 2 unspecified atom stereocenters. The number of ether oxygens (including phenoxy) is 1. The summed E-state index contributed by atoms with van der Waals surface area (Å²) < 4.78 is 5.77. The summed E-state index contributed by atoms with van der Waals surface area (Å²) in [5.74, 6) is 0.874. The van der Waals surface area contributed by atoms with E-state index in [1.807, 2.05) is 13.0 Å². The lowest BCUT2D eigenvalue weighted by Crippen LogP contribution is -2.18. The van der Waals surface area contributed by atoms with Crippen molar-refractivity contribution in [1.29, 1.82) is 0 Å². The van der Waals surface area contributed by atoms with E-state index in [2.05, 4.69) is 19.9 Å². The summed E-state index contributed by atoms with van der Waals surface area (Å²) in [5, 5.41) is 10.1. The van der Waals surface area contributed by atoms with Crippen LogP contribution in [0.1, 0.15) is 42.6 Å². The van der Waals surface area contributed by atoms with E-state index in [1.165, 1.54) is 5.56 Å². The van der Waals surface area contributed by atoms with Gasteiger partial charge in [0.2, 0.25) is 0 Å². The minimum Gasteiger partial charge on any atom is -0.487 e. The van der Waals surface area contributed by atoms with Gasteiger partial charge in [-0.25, -0.2) is 0 Å². The highest BCUT2D eigenvalue weighted by Crippen LogP contribution is 2.40. The van der Waals surface area contributed by atoms with Crippen molar-refractivity contribution in [3.05, 3.63) is 28.8 Å². The molecule has 0 spiro atoms. The second-order valence-corrected chi connectivity index (χ2v) is 4.38. The third kappa shape index (κ3) is 1.74. The molecular formula is C13H18O2. The predicted molar refractivity (Wildman–Crippen MR) is 60.2 cm³/mol. The molecule has 15 heavy (non-hydrogen) atoms. The number of hydrogen-bond acceptors (Lipinski definition) is 2. The van der Waals surface area contributed by atoms with E-state index in [-0.39, 0.29) is 6.10 Å². The Kier molecular flexibility index (Phi) is 2.70. The van der Waals surface area contributed by atoms with Crippen LogP contribution >= 0.6 is 0 Å². The third-order valence-corrected chi connectivity index (χ3v) is 2.99. The van der Waals surface area contributed by atoms with Crippen molar-refractivity contribution >= 4 is 0 Å². The van der Waals surface area contributed by atoms with E-state index in [9.17, 15) is 5.11 Å². The number of aliphatic hydroxyl groups excluding tert-OH is 1. The maximum atomic E-state index is 10.1. The van der Waals surface area contributed by atoms with Crippen LogP contribution in [0, 0.1) is 13.8 Å². The van der Waals surface area contributed by atoms with Gasteiger partial charge in [0.1, 0.15) is 18.0 Å². The molecule has 2 atom stereocenters. The number of fused-ring (bicyclic) bond motifs is 1. The lowest BCUT2D eigenvalue weighted by atomic mass is 9.98. The fraction of sp³-hybridized carbons (Fsp3) is 0.538. The fourth-order valence-corrected chi connectivity index (χ4v) is 2.33. The number of hydrogen-bond donors (Lipinski definition) is 1. The highest BCUT2D eigenvalue weighted by molar-refractivity contribution is 5.47. The maximum Gasteiger partial charge on any atom is 0.129 e. The summed E-state index contributed by atoms with van der Waals surface area (Å²) in [6.07, 6.45) is 1.45. The Morgan fingerprint density at radius 1 is 1.33 bits per heavy atom. The SMILES string of the molecule is CCCC1Oc2cc(C)cc(C)c2C1O. The van der Waals surface area contributed by atoms with Crippen LogP contribution in [0.15, 0.2) is 12.1 Å². The zero-order valence-corrected chi connectivity index (χ0v) is 9.58. The van der Waals surface area contributed by atoms with Crippen molar-refractivity contribution < 1.29 is 9.84 Å². The Bertz CT molecular complexity index is 371. The quantitative estimate of drug-likeness (QED) is 0.806. The molecule has 2 nitrogen and oxygen atoms in total. The number of rotatable bonds is 2. The molecule has 0 saturated carbocycles. The van der Waals surface area contributed by atoms with Crippen molar-refractivity contribution in [3.8, 4) is 5.75 Å². The molecule has 0 amide bonds. The van der Waals surface area contributed by atoms with Crippen molar-refractivity contribution in [1.82, 2.24) is 0 Å². The van der Waals surface area contributed by atoms with Gasteiger partial charge in [-0.05, 0) is 37.5 Å². The maximum absolute atomic E-state index is 10.1. The predicted octanol–water partition coefficient (Wildman–Crippen LogP) is 2.90. The number of aliphatic hydroxyl groups is 1. The van der Waals surface area contributed by atoms with Gasteiger partial charge in [0.05, 0.1) is 0 Å². The largest absolute Gasteiger partial charge is 0.487 e. The monoisotopic (exact) mass is 206 g/mol. The topological polar surface area (TPSA) is 29.5 Å².